The minimum Gasteiger partial charge on any atom is -0.314 e. The molecule has 18 heavy (non-hydrogen) atoms. The molecule has 0 radical (unpaired) electrons. The van der Waals surface area contributed by atoms with Crippen LogP contribution in [0.25, 0.3) is 0 Å². The Morgan fingerprint density at radius 2 is 2.06 bits per heavy atom. The van der Waals surface area contributed by atoms with Crippen molar-refractivity contribution >= 4 is 15.9 Å². The van der Waals surface area contributed by atoms with Crippen LogP contribution in [0.15, 0.2) is 4.47 Å². The predicted octanol–water partition coefficient (Wildman–Crippen LogP) is 3.46. The number of aromatic nitrogens is 2. The van der Waals surface area contributed by atoms with Gasteiger partial charge in [-0.15, -0.1) is 0 Å². The van der Waals surface area contributed by atoms with Gasteiger partial charge in [-0.1, -0.05) is 20.8 Å². The van der Waals surface area contributed by atoms with Crippen LogP contribution in [0.1, 0.15) is 51.4 Å². The van der Waals surface area contributed by atoms with E-state index in [-0.39, 0.29) is 0 Å². The molecule has 1 N–H and O–H groups in total. The quantitative estimate of drug-likeness (QED) is 0.796. The van der Waals surface area contributed by atoms with Crippen LogP contribution in [0.4, 0.5) is 0 Å². The van der Waals surface area contributed by atoms with E-state index in [4.69, 9.17) is 0 Å². The lowest BCUT2D eigenvalue weighted by molar-refractivity contribution is 0.463. The Morgan fingerprint density at radius 3 is 2.56 bits per heavy atom. The van der Waals surface area contributed by atoms with Crippen molar-refractivity contribution in [3.05, 3.63) is 15.9 Å². The lowest BCUT2D eigenvalue weighted by Crippen LogP contribution is -2.28. The molecule has 1 aromatic rings. The fourth-order valence-electron chi connectivity index (χ4n) is 2.35. The first kappa shape index (κ1) is 15.7. The zero-order valence-electron chi connectivity index (χ0n) is 12.1. The molecule has 0 aliphatic carbocycles. The lowest BCUT2D eigenvalue weighted by atomic mass is 10.1. The zero-order chi connectivity index (χ0) is 13.5. The summed E-state index contributed by atoms with van der Waals surface area (Å²) in [5.74, 6) is 0. The molecule has 0 aliphatic heterocycles. The van der Waals surface area contributed by atoms with E-state index in [9.17, 15) is 0 Å². The van der Waals surface area contributed by atoms with E-state index in [0.717, 1.165) is 19.4 Å². The van der Waals surface area contributed by atoms with Gasteiger partial charge in [0.15, 0.2) is 0 Å². The first-order valence-electron chi connectivity index (χ1n) is 7.07. The fourth-order valence-corrected chi connectivity index (χ4v) is 3.16. The largest absolute Gasteiger partial charge is 0.314 e. The van der Waals surface area contributed by atoms with Gasteiger partial charge in [0.25, 0.3) is 0 Å². The number of aryl methyl sites for hydroxylation is 2. The highest BCUT2D eigenvalue weighted by atomic mass is 79.9. The Kier molecular flexibility index (Phi) is 6.94. The molecule has 1 aromatic heterocycles. The molecule has 0 bridgehead atoms. The third-order valence-electron chi connectivity index (χ3n) is 3.45. The van der Waals surface area contributed by atoms with Gasteiger partial charge in [0.1, 0.15) is 0 Å². The molecule has 0 aromatic carbocycles. The van der Waals surface area contributed by atoms with E-state index in [2.05, 4.69) is 47.1 Å². The molecule has 1 atom stereocenters. The predicted molar refractivity (Wildman–Crippen MR) is 81.0 cm³/mol. The normalized spacial score (nSPS) is 12.9. The zero-order valence-corrected chi connectivity index (χ0v) is 13.7. The monoisotopic (exact) mass is 315 g/mol. The van der Waals surface area contributed by atoms with Crippen molar-refractivity contribution in [3.8, 4) is 0 Å². The standard InChI is InChI=1S/C14H26BrN3/c1-5-11(16-7-3)9-8-10-13-14(15)12(6-2)17-18(13)4/h11,16H,5-10H2,1-4H3. The number of nitrogens with one attached hydrogen (secondary N) is 1. The summed E-state index contributed by atoms with van der Waals surface area (Å²) in [5, 5.41) is 8.07. The molecule has 0 fully saturated rings. The summed E-state index contributed by atoms with van der Waals surface area (Å²) in [6.07, 6.45) is 5.76. The maximum Gasteiger partial charge on any atom is 0.0766 e. The minimum absolute atomic E-state index is 0.660. The van der Waals surface area contributed by atoms with Crippen LogP contribution in [0.3, 0.4) is 0 Å². The maximum absolute atomic E-state index is 4.54. The van der Waals surface area contributed by atoms with Gasteiger partial charge < -0.3 is 5.32 Å². The van der Waals surface area contributed by atoms with Crippen molar-refractivity contribution in [2.24, 2.45) is 7.05 Å². The van der Waals surface area contributed by atoms with E-state index >= 15 is 0 Å². The summed E-state index contributed by atoms with van der Waals surface area (Å²) in [6.45, 7) is 7.64. The topological polar surface area (TPSA) is 29.9 Å². The number of rotatable bonds is 8. The Balaban J connectivity index is 2.50. The third kappa shape index (κ3) is 4.09. The van der Waals surface area contributed by atoms with Gasteiger partial charge in [0.2, 0.25) is 0 Å². The molecular formula is C14H26BrN3. The number of halogens is 1. The average Bonchev–Trinajstić information content (AvgIpc) is 2.64. The second-order valence-electron chi connectivity index (χ2n) is 4.74. The first-order chi connectivity index (χ1) is 8.63. The van der Waals surface area contributed by atoms with Crippen molar-refractivity contribution < 1.29 is 0 Å². The van der Waals surface area contributed by atoms with E-state index in [1.807, 2.05) is 11.7 Å². The first-order valence-corrected chi connectivity index (χ1v) is 7.86. The highest BCUT2D eigenvalue weighted by Gasteiger charge is 2.12. The fraction of sp³-hybridized carbons (Fsp3) is 0.786. The molecule has 0 aliphatic rings. The molecule has 3 nitrogen and oxygen atoms in total. The molecule has 0 saturated carbocycles. The molecule has 1 heterocycles. The second kappa shape index (κ2) is 7.95. The summed E-state index contributed by atoms with van der Waals surface area (Å²) >= 11 is 3.68. The highest BCUT2D eigenvalue weighted by molar-refractivity contribution is 9.10. The number of hydrogen-bond acceptors (Lipinski definition) is 2. The van der Waals surface area contributed by atoms with Crippen LogP contribution in [-0.4, -0.2) is 22.4 Å². The van der Waals surface area contributed by atoms with Crippen LogP contribution < -0.4 is 5.32 Å². The van der Waals surface area contributed by atoms with Crippen LogP contribution in [0.2, 0.25) is 0 Å². The Hall–Kier alpha value is -0.350. The van der Waals surface area contributed by atoms with Crippen LogP contribution in [-0.2, 0) is 19.9 Å². The van der Waals surface area contributed by atoms with Gasteiger partial charge in [0, 0.05) is 13.1 Å². The van der Waals surface area contributed by atoms with Crippen molar-refractivity contribution in [3.63, 3.8) is 0 Å². The summed E-state index contributed by atoms with van der Waals surface area (Å²) in [6, 6.07) is 0.660. The molecule has 0 saturated heterocycles. The summed E-state index contributed by atoms with van der Waals surface area (Å²) in [7, 11) is 2.04. The van der Waals surface area contributed by atoms with Crippen LogP contribution in [0.5, 0.6) is 0 Å². The lowest BCUT2D eigenvalue weighted by Gasteiger charge is -2.15. The molecule has 104 valence electrons. The van der Waals surface area contributed by atoms with E-state index < -0.39 is 0 Å². The van der Waals surface area contributed by atoms with Gasteiger partial charge in [-0.05, 0) is 54.6 Å². The van der Waals surface area contributed by atoms with Crippen molar-refractivity contribution in [1.29, 1.82) is 0 Å². The molecule has 1 rings (SSSR count). The summed E-state index contributed by atoms with van der Waals surface area (Å²) in [5.41, 5.74) is 2.50. The Labute approximate surface area is 119 Å². The average molecular weight is 316 g/mol. The maximum atomic E-state index is 4.54. The Bertz CT molecular complexity index is 360. The van der Waals surface area contributed by atoms with Gasteiger partial charge in [-0.3, -0.25) is 4.68 Å². The van der Waals surface area contributed by atoms with E-state index in [1.54, 1.807) is 0 Å². The summed E-state index contributed by atoms with van der Waals surface area (Å²) < 4.78 is 3.24. The molecular weight excluding hydrogens is 290 g/mol. The van der Waals surface area contributed by atoms with Crippen molar-refractivity contribution in [2.45, 2.75) is 58.9 Å². The van der Waals surface area contributed by atoms with Gasteiger partial charge >= 0.3 is 0 Å². The number of nitrogens with zero attached hydrogens (tertiary/aromatic N) is 2. The number of hydrogen-bond donors (Lipinski definition) is 1. The van der Waals surface area contributed by atoms with E-state index in [1.165, 1.54) is 35.1 Å². The SMILES string of the molecule is CCNC(CC)CCCc1c(Br)c(CC)nn1C. The van der Waals surface area contributed by atoms with Gasteiger partial charge in [0.05, 0.1) is 15.9 Å². The van der Waals surface area contributed by atoms with Crippen LogP contribution in [0, 0.1) is 0 Å². The summed E-state index contributed by atoms with van der Waals surface area (Å²) in [4.78, 5) is 0. The third-order valence-corrected chi connectivity index (χ3v) is 4.37. The van der Waals surface area contributed by atoms with Gasteiger partial charge in [-0.2, -0.15) is 5.10 Å². The molecule has 0 amide bonds. The van der Waals surface area contributed by atoms with Gasteiger partial charge in [-0.25, -0.2) is 0 Å². The smallest absolute Gasteiger partial charge is 0.0766 e. The molecule has 4 heteroatoms. The van der Waals surface area contributed by atoms with Crippen molar-refractivity contribution in [1.82, 2.24) is 15.1 Å². The van der Waals surface area contributed by atoms with Crippen LogP contribution >= 0.6 is 15.9 Å². The second-order valence-corrected chi connectivity index (χ2v) is 5.53. The minimum atomic E-state index is 0.660. The molecule has 1 unspecified atom stereocenters. The highest BCUT2D eigenvalue weighted by Crippen LogP contribution is 2.23. The van der Waals surface area contributed by atoms with E-state index in [0.29, 0.717) is 6.04 Å². The molecule has 0 spiro atoms. The van der Waals surface area contributed by atoms with Crippen molar-refractivity contribution in [2.75, 3.05) is 6.54 Å². The Morgan fingerprint density at radius 1 is 1.33 bits per heavy atom.